The van der Waals surface area contributed by atoms with E-state index in [0.717, 1.165) is 18.2 Å². The van der Waals surface area contributed by atoms with E-state index in [4.69, 9.17) is 16.0 Å². The minimum atomic E-state index is -5.15. The first kappa shape index (κ1) is 33.4. The van der Waals surface area contributed by atoms with Gasteiger partial charge in [0.2, 0.25) is 0 Å². The van der Waals surface area contributed by atoms with Crippen LogP contribution in [0.15, 0.2) is 75.9 Å². The molecular formula is C31H22ClF6N3O6. The summed E-state index contributed by atoms with van der Waals surface area (Å²) in [6.07, 6.45) is -10.1. The number of likely N-dealkylation sites (tertiary alicyclic amines) is 1. The molecule has 5 rings (SSSR count). The predicted molar refractivity (Wildman–Crippen MR) is 156 cm³/mol. The fourth-order valence-electron chi connectivity index (χ4n) is 5.41. The molecule has 3 aromatic carbocycles. The molecule has 0 bridgehead atoms. The minimum Gasteiger partial charge on any atom is -0.451 e. The fourth-order valence-corrected chi connectivity index (χ4v) is 5.53. The molecule has 2 amide bonds. The number of alkyl halides is 6. The Hall–Kier alpha value is -4.92. The lowest BCUT2D eigenvalue weighted by atomic mass is 9.91. The number of hydrogen-bond acceptors (Lipinski definition) is 6. The summed E-state index contributed by atoms with van der Waals surface area (Å²) in [5.41, 5.74) is -4.53. The van der Waals surface area contributed by atoms with Crippen LogP contribution in [0.5, 0.6) is 0 Å². The van der Waals surface area contributed by atoms with Gasteiger partial charge >= 0.3 is 12.4 Å². The molecule has 1 aromatic heterocycles. The van der Waals surface area contributed by atoms with E-state index in [1.807, 2.05) is 0 Å². The number of fused-ring (bicyclic) bond motifs is 1. The number of halogens is 7. The number of piperidine rings is 1. The van der Waals surface area contributed by atoms with Gasteiger partial charge in [-0.15, -0.1) is 0 Å². The monoisotopic (exact) mass is 681 g/mol. The standard InChI is InChI=1S/C31H22ClF6N3O6/c32-20-3-1-16(2-4-20)9-23-13-21(39-28(43)27-15-25(42)24-14-22(41(45)46)5-6-26(24)47-27)7-8-40(23)29(44)17-10-18(30(33,34)35)12-19(11-17)31(36,37)38/h1-6,10-12,14-15,21,23H,7-9,13H2,(H,39,43)/t21-,23+/m0/s1. The first-order valence-electron chi connectivity index (χ1n) is 13.9. The topological polar surface area (TPSA) is 123 Å². The third-order valence-electron chi connectivity index (χ3n) is 7.68. The van der Waals surface area contributed by atoms with Crippen LogP contribution < -0.4 is 10.7 Å². The van der Waals surface area contributed by atoms with E-state index in [-0.39, 0.29) is 48.5 Å². The van der Waals surface area contributed by atoms with Gasteiger partial charge in [-0.05, 0) is 61.2 Å². The van der Waals surface area contributed by atoms with Crippen molar-refractivity contribution < 1.29 is 45.3 Å². The molecule has 1 N–H and O–H groups in total. The second-order valence-electron chi connectivity index (χ2n) is 10.9. The molecule has 1 aliphatic heterocycles. The zero-order valence-electron chi connectivity index (χ0n) is 23.8. The van der Waals surface area contributed by atoms with Gasteiger partial charge < -0.3 is 14.6 Å². The maximum absolute atomic E-state index is 13.6. The number of nitrogens with one attached hydrogen (secondary N) is 1. The number of rotatable bonds is 6. The summed E-state index contributed by atoms with van der Waals surface area (Å²) in [5.74, 6) is -2.27. The zero-order valence-corrected chi connectivity index (χ0v) is 24.6. The van der Waals surface area contributed by atoms with Gasteiger partial charge in [0.05, 0.1) is 21.4 Å². The molecule has 0 saturated carbocycles. The Morgan fingerprint density at radius 1 is 0.957 bits per heavy atom. The summed E-state index contributed by atoms with van der Waals surface area (Å²) in [7, 11) is 0. The minimum absolute atomic E-state index is 0.0369. The van der Waals surface area contributed by atoms with Gasteiger partial charge in [0.1, 0.15) is 5.58 Å². The van der Waals surface area contributed by atoms with Gasteiger partial charge in [-0.25, -0.2) is 0 Å². The first-order valence-corrected chi connectivity index (χ1v) is 14.3. The van der Waals surface area contributed by atoms with Crippen LogP contribution >= 0.6 is 11.6 Å². The average molecular weight is 682 g/mol. The number of benzene rings is 3. The van der Waals surface area contributed by atoms with E-state index in [2.05, 4.69) is 5.32 Å². The molecule has 2 atom stereocenters. The maximum Gasteiger partial charge on any atom is 0.416 e. The highest BCUT2D eigenvalue weighted by atomic mass is 35.5. The summed E-state index contributed by atoms with van der Waals surface area (Å²) in [6.45, 7) is -0.148. The van der Waals surface area contributed by atoms with Gasteiger partial charge in [-0.1, -0.05) is 23.7 Å². The molecule has 0 aliphatic carbocycles. The van der Waals surface area contributed by atoms with E-state index in [1.165, 1.54) is 11.0 Å². The number of hydrogen-bond donors (Lipinski definition) is 1. The number of non-ortho nitro benzene ring substituents is 1. The number of nitro groups is 1. The number of nitro benzene ring substituents is 1. The summed E-state index contributed by atoms with van der Waals surface area (Å²) >= 11 is 5.97. The Morgan fingerprint density at radius 2 is 1.60 bits per heavy atom. The summed E-state index contributed by atoms with van der Waals surface area (Å²) in [5, 5.41) is 14.0. The maximum atomic E-state index is 13.6. The summed E-state index contributed by atoms with van der Waals surface area (Å²) in [4.78, 5) is 50.9. The lowest BCUT2D eigenvalue weighted by Crippen LogP contribution is -2.52. The van der Waals surface area contributed by atoms with Crippen LogP contribution in [0.25, 0.3) is 11.0 Å². The molecule has 1 fully saturated rings. The summed E-state index contributed by atoms with van der Waals surface area (Å²) in [6, 6.07) is 9.84. The SMILES string of the molecule is O=C(N[C@H]1CCN(C(=O)c2cc(C(F)(F)F)cc(C(F)(F)F)c2)[C@H](Cc2ccc(Cl)cc2)C1)c1cc(=O)c2cc([N+](=O)[O-])ccc2o1. The Labute approximate surface area is 265 Å². The van der Waals surface area contributed by atoms with Crippen molar-refractivity contribution in [2.75, 3.05) is 6.54 Å². The predicted octanol–water partition coefficient (Wildman–Crippen LogP) is 7.04. The van der Waals surface area contributed by atoms with Crippen molar-refractivity contribution in [2.24, 2.45) is 0 Å². The molecule has 1 saturated heterocycles. The Kier molecular flexibility index (Phi) is 9.04. The third kappa shape index (κ3) is 7.56. The first-order chi connectivity index (χ1) is 22.0. The smallest absolute Gasteiger partial charge is 0.416 e. The average Bonchev–Trinajstić information content (AvgIpc) is 3.00. The molecule has 0 radical (unpaired) electrons. The van der Waals surface area contributed by atoms with E-state index < -0.39 is 69.1 Å². The van der Waals surface area contributed by atoms with Crippen LogP contribution in [0.4, 0.5) is 32.0 Å². The van der Waals surface area contributed by atoms with Crippen molar-refractivity contribution in [3.05, 3.63) is 120 Å². The number of amides is 2. The molecule has 2 heterocycles. The normalized spacial score (nSPS) is 17.0. The second-order valence-corrected chi connectivity index (χ2v) is 11.3. The van der Waals surface area contributed by atoms with Crippen LogP contribution in [0.3, 0.4) is 0 Å². The Bertz CT molecular complexity index is 1890. The lowest BCUT2D eigenvalue weighted by molar-refractivity contribution is -0.384. The molecule has 16 heteroatoms. The molecule has 246 valence electrons. The van der Waals surface area contributed by atoms with Crippen molar-refractivity contribution in [3.63, 3.8) is 0 Å². The molecule has 47 heavy (non-hydrogen) atoms. The molecule has 9 nitrogen and oxygen atoms in total. The van der Waals surface area contributed by atoms with E-state index in [1.54, 1.807) is 24.3 Å². The van der Waals surface area contributed by atoms with Crippen molar-refractivity contribution in [3.8, 4) is 0 Å². The fraction of sp³-hybridized carbons (Fsp3) is 0.258. The zero-order chi connectivity index (χ0) is 34.3. The number of nitrogens with zero attached hydrogens (tertiary/aromatic N) is 2. The van der Waals surface area contributed by atoms with Crippen LogP contribution in [-0.2, 0) is 18.8 Å². The third-order valence-corrected chi connectivity index (χ3v) is 7.93. The summed E-state index contributed by atoms with van der Waals surface area (Å²) < 4.78 is 86.6. The highest BCUT2D eigenvalue weighted by Gasteiger charge is 2.39. The van der Waals surface area contributed by atoms with Crippen molar-refractivity contribution in [1.82, 2.24) is 10.2 Å². The number of carbonyl (C=O) groups excluding carboxylic acids is 2. The van der Waals surface area contributed by atoms with Gasteiger partial charge in [-0.3, -0.25) is 24.5 Å². The quantitative estimate of drug-likeness (QED) is 0.132. The van der Waals surface area contributed by atoms with Crippen molar-refractivity contribution in [1.29, 1.82) is 0 Å². The van der Waals surface area contributed by atoms with E-state index in [0.29, 0.717) is 22.7 Å². The van der Waals surface area contributed by atoms with Crippen LogP contribution in [0.2, 0.25) is 5.02 Å². The lowest BCUT2D eigenvalue weighted by Gasteiger charge is -2.40. The Morgan fingerprint density at radius 3 is 2.19 bits per heavy atom. The van der Waals surface area contributed by atoms with Gasteiger partial charge in [0.15, 0.2) is 11.2 Å². The van der Waals surface area contributed by atoms with Crippen LogP contribution in [-0.4, -0.2) is 40.3 Å². The van der Waals surface area contributed by atoms with Crippen molar-refractivity contribution >= 4 is 40.1 Å². The molecule has 0 spiro atoms. The van der Waals surface area contributed by atoms with Gasteiger partial charge in [0, 0.05) is 47.4 Å². The Balaban J connectivity index is 1.42. The van der Waals surface area contributed by atoms with Crippen LogP contribution in [0.1, 0.15) is 50.4 Å². The molecule has 1 aliphatic rings. The van der Waals surface area contributed by atoms with Gasteiger partial charge in [-0.2, -0.15) is 26.3 Å². The van der Waals surface area contributed by atoms with Gasteiger partial charge in [0.25, 0.3) is 17.5 Å². The highest BCUT2D eigenvalue weighted by Crippen LogP contribution is 2.37. The molecule has 4 aromatic rings. The highest BCUT2D eigenvalue weighted by molar-refractivity contribution is 6.30. The number of carbonyl (C=O) groups is 2. The molecule has 0 unspecified atom stereocenters. The second kappa shape index (κ2) is 12.7. The van der Waals surface area contributed by atoms with E-state index in [9.17, 15) is 50.8 Å². The van der Waals surface area contributed by atoms with Crippen molar-refractivity contribution in [2.45, 2.75) is 43.7 Å². The van der Waals surface area contributed by atoms with Crippen LogP contribution in [0, 0.1) is 10.1 Å². The largest absolute Gasteiger partial charge is 0.451 e. The van der Waals surface area contributed by atoms with E-state index >= 15 is 0 Å². The molecular weight excluding hydrogens is 660 g/mol.